The largest absolute Gasteiger partial charge is 0.481 e. The number of ketones is 1. The number of hydrogen-bond acceptors (Lipinski definition) is 4. The Hall–Kier alpha value is -1.46. The minimum atomic E-state index is -0.876. The van der Waals surface area contributed by atoms with Crippen molar-refractivity contribution in [3.05, 3.63) is 24.3 Å². The lowest BCUT2D eigenvalue weighted by Crippen LogP contribution is -2.18. The number of rotatable bonds is 12. The number of carboxylic acid groups (broad SMARTS) is 1. The van der Waals surface area contributed by atoms with Crippen LogP contribution in [0.5, 0.6) is 0 Å². The van der Waals surface area contributed by atoms with Gasteiger partial charge in [-0.3, -0.25) is 9.59 Å². The van der Waals surface area contributed by atoms with Crippen molar-refractivity contribution in [2.24, 2.45) is 11.8 Å². The van der Waals surface area contributed by atoms with E-state index in [9.17, 15) is 19.8 Å². The van der Waals surface area contributed by atoms with Crippen molar-refractivity contribution in [1.82, 2.24) is 0 Å². The summed E-state index contributed by atoms with van der Waals surface area (Å²) in [7, 11) is 0. The predicted molar refractivity (Wildman–Crippen MR) is 97.1 cm³/mol. The number of aliphatic hydroxyl groups excluding tert-OH is 2. The van der Waals surface area contributed by atoms with E-state index in [1.807, 2.05) is 6.08 Å². The number of carboxylic acids is 1. The van der Waals surface area contributed by atoms with E-state index < -0.39 is 18.2 Å². The van der Waals surface area contributed by atoms with Crippen molar-refractivity contribution in [3.63, 3.8) is 0 Å². The number of unbranched alkanes of at least 4 members (excludes halogenated alkanes) is 3. The monoisotopic (exact) mass is 352 g/mol. The molecule has 142 valence electrons. The number of aliphatic hydroxyl groups is 2. The Balaban J connectivity index is 2.49. The van der Waals surface area contributed by atoms with Gasteiger partial charge in [0.05, 0.1) is 12.2 Å². The highest BCUT2D eigenvalue weighted by atomic mass is 16.4. The maximum Gasteiger partial charge on any atom is 0.303 e. The second-order valence-electron chi connectivity index (χ2n) is 6.86. The Morgan fingerprint density at radius 1 is 1.28 bits per heavy atom. The Bertz CT molecular complexity index is 469. The lowest BCUT2D eigenvalue weighted by molar-refractivity contribution is -0.137. The predicted octanol–water partition coefficient (Wildman–Crippen LogP) is 3.25. The lowest BCUT2D eigenvalue weighted by atomic mass is 9.90. The minimum absolute atomic E-state index is 0.0287. The standard InChI is InChI=1S/C20H32O5/c1-2-3-4-5-6-7-10-16-17(19(23)14-18(16)22)13-12-15(21)9-8-11-20(24)25/h6-7,12-13,15-17,19,21,23H,2-5,8-11,14H2,1H3,(H,24,25)/b7-6-,13-12+/t15-,16-,17-,19-/m1/s1. The fourth-order valence-electron chi connectivity index (χ4n) is 3.22. The van der Waals surface area contributed by atoms with Crippen LogP contribution >= 0.6 is 0 Å². The molecule has 1 rings (SSSR count). The molecule has 0 spiro atoms. The number of aliphatic carboxylic acids is 1. The summed E-state index contributed by atoms with van der Waals surface area (Å²) in [5.41, 5.74) is 0. The van der Waals surface area contributed by atoms with E-state index in [0.29, 0.717) is 19.3 Å². The van der Waals surface area contributed by atoms with Gasteiger partial charge in [-0.15, -0.1) is 0 Å². The highest BCUT2D eigenvalue weighted by Crippen LogP contribution is 2.33. The van der Waals surface area contributed by atoms with E-state index in [2.05, 4.69) is 13.0 Å². The summed E-state index contributed by atoms with van der Waals surface area (Å²) < 4.78 is 0. The van der Waals surface area contributed by atoms with Crippen molar-refractivity contribution < 1.29 is 24.9 Å². The Morgan fingerprint density at radius 2 is 2.04 bits per heavy atom. The molecule has 1 saturated carbocycles. The topological polar surface area (TPSA) is 94.8 Å². The average molecular weight is 352 g/mol. The number of carbonyl (C=O) groups is 2. The highest BCUT2D eigenvalue weighted by Gasteiger charge is 2.39. The average Bonchev–Trinajstić information content (AvgIpc) is 2.81. The first-order valence-corrected chi connectivity index (χ1v) is 9.39. The van der Waals surface area contributed by atoms with Gasteiger partial charge in [-0.2, -0.15) is 0 Å². The Morgan fingerprint density at radius 3 is 2.72 bits per heavy atom. The normalized spacial score (nSPS) is 25.2. The van der Waals surface area contributed by atoms with Crippen LogP contribution in [0.1, 0.15) is 64.7 Å². The smallest absolute Gasteiger partial charge is 0.303 e. The Kier molecular flexibility index (Phi) is 10.3. The minimum Gasteiger partial charge on any atom is -0.481 e. The molecule has 0 heterocycles. The van der Waals surface area contributed by atoms with Gasteiger partial charge in [0, 0.05) is 24.7 Å². The third kappa shape index (κ3) is 8.45. The molecule has 0 amide bonds. The van der Waals surface area contributed by atoms with Gasteiger partial charge < -0.3 is 15.3 Å². The summed E-state index contributed by atoms with van der Waals surface area (Å²) in [6.45, 7) is 2.16. The van der Waals surface area contributed by atoms with E-state index in [-0.39, 0.29) is 30.5 Å². The van der Waals surface area contributed by atoms with E-state index >= 15 is 0 Å². The molecule has 4 atom stereocenters. The molecule has 1 aliphatic carbocycles. The zero-order valence-corrected chi connectivity index (χ0v) is 15.1. The highest BCUT2D eigenvalue weighted by molar-refractivity contribution is 5.84. The summed E-state index contributed by atoms with van der Waals surface area (Å²) in [6.07, 6.45) is 12.1. The van der Waals surface area contributed by atoms with Crippen LogP contribution in [0, 0.1) is 11.8 Å². The van der Waals surface area contributed by atoms with Crippen LogP contribution in [0.25, 0.3) is 0 Å². The molecule has 0 saturated heterocycles. The van der Waals surface area contributed by atoms with Gasteiger partial charge in [0.1, 0.15) is 5.78 Å². The third-order valence-electron chi connectivity index (χ3n) is 4.71. The van der Waals surface area contributed by atoms with E-state index in [0.717, 1.165) is 12.8 Å². The maximum atomic E-state index is 12.1. The SMILES string of the molecule is CCCCC/C=C\C[C@H]1C(=O)C[C@@H](O)[C@@H]1/C=C/[C@H](O)CCCC(=O)O. The van der Waals surface area contributed by atoms with Gasteiger partial charge in [0.25, 0.3) is 0 Å². The van der Waals surface area contributed by atoms with Crippen LogP contribution in [-0.4, -0.2) is 39.3 Å². The molecule has 0 radical (unpaired) electrons. The molecule has 0 unspecified atom stereocenters. The molecule has 0 aromatic carbocycles. The fraction of sp³-hybridized carbons (Fsp3) is 0.700. The Labute approximate surface area is 150 Å². The van der Waals surface area contributed by atoms with Gasteiger partial charge >= 0.3 is 5.97 Å². The molecule has 1 fully saturated rings. The molecule has 0 bridgehead atoms. The first-order chi connectivity index (χ1) is 12.0. The molecule has 25 heavy (non-hydrogen) atoms. The van der Waals surface area contributed by atoms with Crippen LogP contribution in [-0.2, 0) is 9.59 Å². The molecule has 0 aromatic rings. The van der Waals surface area contributed by atoms with E-state index in [1.165, 1.54) is 12.8 Å². The van der Waals surface area contributed by atoms with Gasteiger partial charge in [-0.1, -0.05) is 44.1 Å². The second kappa shape index (κ2) is 12.0. The molecule has 5 heteroatoms. The number of hydrogen-bond donors (Lipinski definition) is 3. The zero-order chi connectivity index (χ0) is 18.7. The third-order valence-corrected chi connectivity index (χ3v) is 4.71. The molecule has 1 aliphatic rings. The first-order valence-electron chi connectivity index (χ1n) is 9.39. The lowest BCUT2D eigenvalue weighted by Gasteiger charge is -2.16. The van der Waals surface area contributed by atoms with E-state index in [1.54, 1.807) is 12.2 Å². The van der Waals surface area contributed by atoms with Crippen molar-refractivity contribution >= 4 is 11.8 Å². The molecular formula is C20H32O5. The quantitative estimate of drug-likeness (QED) is 0.370. The van der Waals surface area contributed by atoms with Gasteiger partial charge in [0.2, 0.25) is 0 Å². The summed E-state index contributed by atoms with van der Waals surface area (Å²) in [5, 5.41) is 28.6. The van der Waals surface area contributed by atoms with Gasteiger partial charge in [-0.25, -0.2) is 0 Å². The number of allylic oxidation sites excluding steroid dienone is 2. The molecular weight excluding hydrogens is 320 g/mol. The zero-order valence-electron chi connectivity index (χ0n) is 15.1. The summed E-state index contributed by atoms with van der Waals surface area (Å²) in [5.74, 6) is -1.32. The summed E-state index contributed by atoms with van der Waals surface area (Å²) in [6, 6.07) is 0. The van der Waals surface area contributed by atoms with Crippen LogP contribution < -0.4 is 0 Å². The number of Topliss-reactive ketones (excluding diaryl/α,β-unsaturated/α-hetero) is 1. The summed E-state index contributed by atoms with van der Waals surface area (Å²) >= 11 is 0. The molecule has 3 N–H and O–H groups in total. The van der Waals surface area contributed by atoms with Crippen molar-refractivity contribution in [2.45, 2.75) is 76.9 Å². The van der Waals surface area contributed by atoms with Crippen LogP contribution in [0.3, 0.4) is 0 Å². The van der Waals surface area contributed by atoms with Gasteiger partial charge in [0.15, 0.2) is 0 Å². The van der Waals surface area contributed by atoms with Crippen LogP contribution in [0.2, 0.25) is 0 Å². The van der Waals surface area contributed by atoms with Crippen LogP contribution in [0.15, 0.2) is 24.3 Å². The number of carbonyl (C=O) groups excluding carboxylic acids is 1. The van der Waals surface area contributed by atoms with Gasteiger partial charge in [-0.05, 0) is 32.1 Å². The van der Waals surface area contributed by atoms with Crippen LogP contribution in [0.4, 0.5) is 0 Å². The van der Waals surface area contributed by atoms with E-state index in [4.69, 9.17) is 5.11 Å². The first kappa shape index (κ1) is 21.6. The molecule has 0 aliphatic heterocycles. The van der Waals surface area contributed by atoms with Crippen molar-refractivity contribution in [1.29, 1.82) is 0 Å². The molecule has 5 nitrogen and oxygen atoms in total. The second-order valence-corrected chi connectivity index (χ2v) is 6.86. The van der Waals surface area contributed by atoms with Crippen molar-refractivity contribution in [2.75, 3.05) is 0 Å². The molecule has 0 aromatic heterocycles. The maximum absolute atomic E-state index is 12.1. The fourth-order valence-corrected chi connectivity index (χ4v) is 3.22. The summed E-state index contributed by atoms with van der Waals surface area (Å²) in [4.78, 5) is 22.6. The van der Waals surface area contributed by atoms with Crippen molar-refractivity contribution in [3.8, 4) is 0 Å².